The molecule has 17 aromatic carbocycles. The zero-order chi connectivity index (χ0) is 92.3. The summed E-state index contributed by atoms with van der Waals surface area (Å²) in [6.07, 6.45) is 18.5. The Balaban J connectivity index is 0.000000105. The molecule has 0 fully saturated rings. The van der Waals surface area contributed by atoms with Crippen LogP contribution < -0.4 is 22.8 Å². The lowest BCUT2D eigenvalue weighted by Crippen LogP contribution is -2.32. The summed E-state index contributed by atoms with van der Waals surface area (Å²) in [5.74, 6) is 5.53. The zero-order valence-corrected chi connectivity index (χ0v) is 78.7. The molecule has 0 aliphatic rings. The van der Waals surface area contributed by atoms with Crippen LogP contribution in [0.1, 0.15) is 55.8 Å². The number of pyridine rings is 2. The lowest BCUT2D eigenvalue weighted by atomic mass is 9.94. The number of hydrogen-bond donors (Lipinski definition) is 0. The molecule has 0 N–H and O–H groups in total. The summed E-state index contributed by atoms with van der Waals surface area (Å²) >= 11 is 0. The molecule has 0 aliphatic carbocycles. The van der Waals surface area contributed by atoms with E-state index in [2.05, 4.69) is 460 Å². The van der Waals surface area contributed by atoms with E-state index in [-0.39, 0.29) is 0 Å². The molecule has 0 saturated carbocycles. The smallest absolute Gasteiger partial charge is 0.256 e. The molecule has 12 nitrogen and oxygen atoms in total. The standard InChI is InChI=1S/C31H27N2.C26H24N3.C24H20N3.C21H19N2.C20H17N2/c1-20-16-18-25-24-13-6-5-12-23(24)17-19-26(25)29(20)31-32(4)27-14-7-8-15-28(27)33(31)30-21(2)10-9-11-22(30)3;1-17-12-13-20-21-10-5-6-11-23(21)27-16-22(20)24(17)26-28(4)14-15-29(26)25-18(2)8-7-9-19(25)3;1-17-12-13-21-20-11-7-6-8-18(20)16-25-23(21)22(17)24-26(2)14-15-27(24)19-9-4-3-5-10-19;1-14-8-10-18-17-7-5-4-6-16(17)9-11-19(18)20(14)21-22-15(2)12-13-23(21)3;1-14-8-10-17-16-7-4-3-6-15(16)9-11-18(17)19(14)20-21-12-5-13-22(20)2/h5-19H,1-4H3;5-16H,1-4H3;3-16H,1-2H3;4-13H,1-3H3;3-13H,1-2H3/q5*+1. The van der Waals surface area contributed by atoms with E-state index in [9.17, 15) is 0 Å². The molecular formula is C122H107N12+5. The lowest BCUT2D eigenvalue weighted by Gasteiger charge is -2.14. The van der Waals surface area contributed by atoms with Crippen LogP contribution in [0.5, 0.6) is 0 Å². The fourth-order valence-corrected chi connectivity index (χ4v) is 20.3. The summed E-state index contributed by atoms with van der Waals surface area (Å²) in [7, 11) is 10.5. The van der Waals surface area contributed by atoms with Gasteiger partial charge >= 0.3 is 11.6 Å². The quantitative estimate of drug-likeness (QED) is 0.112. The number of imidazole rings is 3. The molecule has 7 aromatic heterocycles. The second-order valence-electron chi connectivity index (χ2n) is 35.7. The van der Waals surface area contributed by atoms with E-state index in [1.807, 2.05) is 63.0 Å². The summed E-state index contributed by atoms with van der Waals surface area (Å²) in [5.41, 5.74) is 26.7. The van der Waals surface area contributed by atoms with Crippen LogP contribution in [0.2, 0.25) is 0 Å². The number of aromatic nitrogens is 12. The predicted octanol–water partition coefficient (Wildman–Crippen LogP) is 26.6. The van der Waals surface area contributed by atoms with Crippen molar-refractivity contribution in [1.82, 2.24) is 33.6 Å². The Morgan fingerprint density at radius 3 is 1.24 bits per heavy atom. The van der Waals surface area contributed by atoms with Crippen molar-refractivity contribution in [2.45, 2.75) is 69.2 Å². The Morgan fingerprint density at radius 2 is 0.672 bits per heavy atom. The van der Waals surface area contributed by atoms with Crippen LogP contribution in [0.15, 0.2) is 377 Å². The van der Waals surface area contributed by atoms with Crippen LogP contribution in [-0.2, 0) is 35.2 Å². The van der Waals surface area contributed by atoms with Crippen molar-refractivity contribution in [3.05, 3.63) is 433 Å². The normalized spacial score (nSPS) is 11.4. The number of nitrogens with zero attached hydrogens (tertiary/aromatic N) is 12. The molecule has 0 atom stereocenters. The van der Waals surface area contributed by atoms with Gasteiger partial charge in [-0.15, -0.1) is 0 Å². The van der Waals surface area contributed by atoms with Gasteiger partial charge in [0, 0.05) is 53.0 Å². The van der Waals surface area contributed by atoms with Crippen molar-refractivity contribution in [1.29, 1.82) is 0 Å². The van der Waals surface area contributed by atoms with Crippen LogP contribution in [0.4, 0.5) is 0 Å². The molecular weight excluding hydrogens is 1630 g/mol. The minimum absolute atomic E-state index is 1.00. The van der Waals surface area contributed by atoms with Gasteiger partial charge in [-0.3, -0.25) is 9.97 Å². The zero-order valence-electron chi connectivity index (χ0n) is 78.7. The lowest BCUT2D eigenvalue weighted by molar-refractivity contribution is -0.663. The minimum Gasteiger partial charge on any atom is -0.256 e. The van der Waals surface area contributed by atoms with Crippen LogP contribution in [0.25, 0.3) is 193 Å². The van der Waals surface area contributed by atoms with Crippen molar-refractivity contribution in [3.63, 3.8) is 0 Å². The largest absolute Gasteiger partial charge is 0.331 e. The van der Waals surface area contributed by atoms with Gasteiger partial charge in [-0.05, 0) is 228 Å². The highest BCUT2D eigenvalue weighted by molar-refractivity contribution is 6.16. The third kappa shape index (κ3) is 15.5. The van der Waals surface area contributed by atoms with Crippen LogP contribution in [0.3, 0.4) is 0 Å². The van der Waals surface area contributed by atoms with Crippen molar-refractivity contribution in [2.24, 2.45) is 35.2 Å². The van der Waals surface area contributed by atoms with E-state index in [4.69, 9.17) is 15.0 Å². The number of hydrogen-bond acceptors (Lipinski definition) is 4. The molecule has 0 spiro atoms. The van der Waals surface area contributed by atoms with Gasteiger partial charge in [-0.25, -0.2) is 22.8 Å². The Bertz CT molecular complexity index is 8730. The Hall–Kier alpha value is -16.3. The average molecular weight is 1740 g/mol. The van der Waals surface area contributed by atoms with Crippen LogP contribution in [-0.4, -0.2) is 33.6 Å². The molecule has 7 heterocycles. The summed E-state index contributed by atoms with van der Waals surface area (Å²) in [5, 5.41) is 22.6. The number of benzene rings is 17. The van der Waals surface area contributed by atoms with Crippen molar-refractivity contribution < 1.29 is 22.8 Å². The van der Waals surface area contributed by atoms with Gasteiger partial charge in [0.15, 0.2) is 16.7 Å². The van der Waals surface area contributed by atoms with Gasteiger partial charge in [0.25, 0.3) is 17.5 Å². The first-order chi connectivity index (χ1) is 65.3. The number of rotatable bonds is 8. The van der Waals surface area contributed by atoms with E-state index in [0.717, 1.165) is 39.9 Å². The third-order valence-corrected chi connectivity index (χ3v) is 26.9. The maximum absolute atomic E-state index is 4.88. The Morgan fingerprint density at radius 1 is 0.246 bits per heavy atom. The molecule has 0 bridgehead atoms. The van der Waals surface area contributed by atoms with Crippen molar-refractivity contribution >= 4 is 119 Å². The molecule has 0 aliphatic heterocycles. The van der Waals surface area contributed by atoms with Crippen LogP contribution >= 0.6 is 0 Å². The van der Waals surface area contributed by atoms with Gasteiger partial charge in [0.05, 0.1) is 86.5 Å². The van der Waals surface area contributed by atoms with Gasteiger partial charge in [-0.2, -0.15) is 13.7 Å². The molecule has 0 amide bonds. The SMILES string of the molecule is Cc1cc[n+](C)c(-c2c(C)ccc3c2ccc2ccccc23)n1.Cc1ccc2c(ccc3ccccc32)c1-c1nccc[n+]1C.Cc1ccc2c(ncc3ccccc32)c1-c1n(-c2ccccc2)cc[n+]1C.Cc1cccc(C)c1-n1c(-c2c(C)ccc3c2ccc2ccccc23)[n+](C)c2ccccc21.Cc1cccc(C)c1-n1cc[n+](C)c1-c1c(C)ccc2c1cnc1ccccc12. The average Bonchev–Trinajstić information content (AvgIpc) is 1.55. The molecule has 0 unspecified atom stereocenters. The highest BCUT2D eigenvalue weighted by Crippen LogP contribution is 2.43. The number of fused-ring (bicyclic) bond motifs is 16. The van der Waals surface area contributed by atoms with Crippen molar-refractivity contribution in [3.8, 4) is 74.0 Å². The molecule has 134 heavy (non-hydrogen) atoms. The number of para-hydroxylation sites is 6. The Labute approximate surface area is 781 Å². The molecule has 24 rings (SSSR count). The van der Waals surface area contributed by atoms with Gasteiger partial charge in [-0.1, -0.05) is 279 Å². The first-order valence-corrected chi connectivity index (χ1v) is 46.0. The van der Waals surface area contributed by atoms with Crippen molar-refractivity contribution in [2.75, 3.05) is 0 Å². The first-order valence-electron chi connectivity index (χ1n) is 46.0. The maximum Gasteiger partial charge on any atom is 0.331 e. The molecule has 0 radical (unpaired) electrons. The Kier molecular flexibility index (Phi) is 23.0. The minimum atomic E-state index is 1.00. The summed E-state index contributed by atoms with van der Waals surface area (Å²) < 4.78 is 17.9. The first kappa shape index (κ1) is 85.8. The summed E-state index contributed by atoms with van der Waals surface area (Å²) in [6, 6.07) is 114. The van der Waals surface area contributed by atoms with E-state index in [0.29, 0.717) is 0 Å². The fraction of sp³-hybridized carbons (Fsp3) is 0.123. The molecule has 12 heteroatoms. The summed E-state index contributed by atoms with van der Waals surface area (Å²) in [4.78, 5) is 19.0. The van der Waals surface area contributed by atoms with E-state index < -0.39 is 0 Å². The highest BCUT2D eigenvalue weighted by atomic mass is 15.2. The van der Waals surface area contributed by atoms with E-state index >= 15 is 0 Å². The monoisotopic (exact) mass is 1740 g/mol. The van der Waals surface area contributed by atoms with Crippen LogP contribution in [0, 0.1) is 69.2 Å². The fourth-order valence-electron chi connectivity index (χ4n) is 20.3. The molecule has 0 saturated heterocycles. The maximum atomic E-state index is 4.88. The second-order valence-corrected chi connectivity index (χ2v) is 35.7. The van der Waals surface area contributed by atoms with Gasteiger partial charge < -0.3 is 0 Å². The molecule has 650 valence electrons. The van der Waals surface area contributed by atoms with Gasteiger partial charge in [0.1, 0.15) is 48.0 Å². The summed E-state index contributed by atoms with van der Waals surface area (Å²) in [6.45, 7) is 21.7. The second kappa shape index (κ2) is 35.9. The van der Waals surface area contributed by atoms with E-state index in [1.54, 1.807) is 0 Å². The molecule has 24 aromatic rings. The van der Waals surface area contributed by atoms with E-state index in [1.165, 1.54) is 209 Å². The predicted molar refractivity (Wildman–Crippen MR) is 554 cm³/mol. The topological polar surface area (TPSA) is 85.7 Å². The number of aryl methyl sites for hydroxylation is 15. The van der Waals surface area contributed by atoms with Gasteiger partial charge in [0.2, 0.25) is 0 Å². The third-order valence-electron chi connectivity index (χ3n) is 26.9. The highest BCUT2D eigenvalue weighted by Gasteiger charge is 2.33.